The molecule has 2 N–H and O–H groups in total. The number of piperidine rings is 1. The average molecular weight is 350 g/mol. The normalized spacial score (nSPS) is 16.5. The Morgan fingerprint density at radius 1 is 1.25 bits per heavy atom. The molecule has 1 aliphatic heterocycles. The predicted molar refractivity (Wildman–Crippen MR) is 99.6 cm³/mol. The fourth-order valence-electron chi connectivity index (χ4n) is 2.66. The molecule has 1 saturated heterocycles. The third-order valence-electron chi connectivity index (χ3n) is 4.37. The van der Waals surface area contributed by atoms with Gasteiger partial charge in [0.1, 0.15) is 0 Å². The van der Waals surface area contributed by atoms with Crippen molar-refractivity contribution in [3.8, 4) is 0 Å². The van der Waals surface area contributed by atoms with Crippen LogP contribution in [0.2, 0.25) is 0 Å². The summed E-state index contributed by atoms with van der Waals surface area (Å²) in [5, 5.41) is 6.31. The number of likely N-dealkylation sites (tertiary alicyclic amines) is 1. The lowest BCUT2D eigenvalue weighted by atomic mass is 10.0. The molecule has 3 amide bonds. The van der Waals surface area contributed by atoms with Crippen LogP contribution in [0, 0.1) is 6.92 Å². The molecule has 1 aromatic rings. The van der Waals surface area contributed by atoms with Crippen LogP contribution < -0.4 is 10.6 Å². The monoisotopic (exact) mass is 349 g/mol. The van der Waals surface area contributed by atoms with Gasteiger partial charge in [0.05, 0.1) is 0 Å². The van der Waals surface area contributed by atoms with Crippen LogP contribution >= 0.6 is 11.8 Å². The molecule has 0 aliphatic carbocycles. The third kappa shape index (κ3) is 5.44. The Kier molecular flexibility index (Phi) is 6.97. The second-order valence-corrected chi connectivity index (χ2v) is 7.61. The van der Waals surface area contributed by atoms with E-state index in [1.165, 1.54) is 0 Å². The SMILES string of the molecule is CS[C@@H](C)CNC(=O)NC1CCN(C(=O)c2ccc(C)cc2)CC1. The number of amides is 3. The van der Waals surface area contributed by atoms with E-state index in [1.807, 2.05) is 42.3 Å². The average Bonchev–Trinajstić information content (AvgIpc) is 2.60. The maximum atomic E-state index is 12.5. The predicted octanol–water partition coefficient (Wildman–Crippen LogP) is 2.65. The summed E-state index contributed by atoms with van der Waals surface area (Å²) in [6.45, 7) is 6.12. The molecule has 1 aliphatic rings. The minimum absolute atomic E-state index is 0.0756. The molecule has 1 fully saturated rings. The molecule has 6 heteroatoms. The van der Waals surface area contributed by atoms with Gasteiger partial charge >= 0.3 is 6.03 Å². The summed E-state index contributed by atoms with van der Waals surface area (Å²) in [5.74, 6) is 0.0756. The summed E-state index contributed by atoms with van der Waals surface area (Å²) in [4.78, 5) is 26.2. The van der Waals surface area contributed by atoms with E-state index < -0.39 is 0 Å². The van der Waals surface area contributed by atoms with Crippen LogP contribution in [0.15, 0.2) is 24.3 Å². The van der Waals surface area contributed by atoms with E-state index in [0.717, 1.165) is 24.0 Å². The van der Waals surface area contributed by atoms with E-state index >= 15 is 0 Å². The van der Waals surface area contributed by atoms with Crippen molar-refractivity contribution in [1.82, 2.24) is 15.5 Å². The Hall–Kier alpha value is -1.69. The van der Waals surface area contributed by atoms with Crippen molar-refractivity contribution in [3.05, 3.63) is 35.4 Å². The Bertz CT molecular complexity index is 554. The van der Waals surface area contributed by atoms with Gasteiger partial charge in [-0.25, -0.2) is 4.79 Å². The summed E-state index contributed by atoms with van der Waals surface area (Å²) in [6, 6.07) is 7.70. The van der Waals surface area contributed by atoms with Crippen LogP contribution in [0.25, 0.3) is 0 Å². The number of nitrogens with zero attached hydrogens (tertiary/aromatic N) is 1. The van der Waals surface area contributed by atoms with Crippen molar-refractivity contribution in [2.45, 2.75) is 38.0 Å². The molecule has 132 valence electrons. The number of urea groups is 1. The second-order valence-electron chi connectivity index (χ2n) is 6.33. The maximum Gasteiger partial charge on any atom is 0.315 e. The first kappa shape index (κ1) is 18.6. The molecule has 2 rings (SSSR count). The van der Waals surface area contributed by atoms with Crippen molar-refractivity contribution < 1.29 is 9.59 Å². The highest BCUT2D eigenvalue weighted by atomic mass is 32.2. The van der Waals surface area contributed by atoms with Gasteiger partial charge < -0.3 is 15.5 Å². The summed E-state index contributed by atoms with van der Waals surface area (Å²) >= 11 is 1.73. The minimum Gasteiger partial charge on any atom is -0.338 e. The van der Waals surface area contributed by atoms with Crippen LogP contribution in [0.1, 0.15) is 35.7 Å². The number of benzene rings is 1. The Labute approximate surface area is 148 Å². The topological polar surface area (TPSA) is 61.4 Å². The van der Waals surface area contributed by atoms with E-state index in [2.05, 4.69) is 17.6 Å². The van der Waals surface area contributed by atoms with Gasteiger partial charge in [-0.05, 0) is 38.2 Å². The van der Waals surface area contributed by atoms with E-state index in [9.17, 15) is 9.59 Å². The molecule has 0 unspecified atom stereocenters. The number of hydrogen-bond acceptors (Lipinski definition) is 3. The van der Waals surface area contributed by atoms with Crippen molar-refractivity contribution in [2.24, 2.45) is 0 Å². The van der Waals surface area contributed by atoms with Gasteiger partial charge in [0.2, 0.25) is 0 Å². The molecule has 24 heavy (non-hydrogen) atoms. The standard InChI is InChI=1S/C18H27N3O2S/c1-13-4-6-15(7-5-13)17(22)21-10-8-16(9-11-21)20-18(23)19-12-14(2)24-3/h4-7,14,16H,8-12H2,1-3H3,(H2,19,20,23)/t14-/m0/s1. The van der Waals surface area contributed by atoms with Gasteiger partial charge in [-0.1, -0.05) is 24.6 Å². The number of thioether (sulfide) groups is 1. The molecule has 0 saturated carbocycles. The quantitative estimate of drug-likeness (QED) is 0.859. The zero-order valence-corrected chi connectivity index (χ0v) is 15.5. The fourth-order valence-corrected chi connectivity index (χ4v) is 2.91. The summed E-state index contributed by atoms with van der Waals surface area (Å²) in [6.07, 6.45) is 3.62. The lowest BCUT2D eigenvalue weighted by Crippen LogP contribution is -2.49. The second kappa shape index (κ2) is 8.97. The summed E-state index contributed by atoms with van der Waals surface area (Å²) in [5.41, 5.74) is 1.88. The van der Waals surface area contributed by atoms with Crippen LogP contribution in [0.3, 0.4) is 0 Å². The van der Waals surface area contributed by atoms with Crippen molar-refractivity contribution in [3.63, 3.8) is 0 Å². The van der Waals surface area contributed by atoms with Crippen LogP contribution in [0.4, 0.5) is 4.79 Å². The number of rotatable bonds is 5. The molecule has 0 aromatic heterocycles. The highest BCUT2D eigenvalue weighted by Gasteiger charge is 2.24. The van der Waals surface area contributed by atoms with Crippen LogP contribution in [0.5, 0.6) is 0 Å². The first-order valence-electron chi connectivity index (χ1n) is 8.42. The zero-order valence-electron chi connectivity index (χ0n) is 14.7. The first-order chi connectivity index (χ1) is 11.5. The fraction of sp³-hybridized carbons (Fsp3) is 0.556. The Morgan fingerprint density at radius 3 is 2.46 bits per heavy atom. The molecule has 0 radical (unpaired) electrons. The van der Waals surface area contributed by atoms with Gasteiger partial charge in [-0.15, -0.1) is 0 Å². The van der Waals surface area contributed by atoms with Crippen molar-refractivity contribution in [2.75, 3.05) is 25.9 Å². The largest absolute Gasteiger partial charge is 0.338 e. The number of aryl methyl sites for hydroxylation is 1. The summed E-state index contributed by atoms with van der Waals surface area (Å²) < 4.78 is 0. The van der Waals surface area contributed by atoms with Gasteiger partial charge in [0.15, 0.2) is 0 Å². The molecule has 0 spiro atoms. The molecule has 1 atom stereocenters. The highest BCUT2D eigenvalue weighted by molar-refractivity contribution is 7.99. The van der Waals surface area contributed by atoms with Crippen LogP contribution in [-0.4, -0.2) is 54.0 Å². The van der Waals surface area contributed by atoms with Gasteiger partial charge in [-0.2, -0.15) is 11.8 Å². The highest BCUT2D eigenvalue weighted by Crippen LogP contribution is 2.14. The van der Waals surface area contributed by atoms with E-state index in [4.69, 9.17) is 0 Å². The molecular weight excluding hydrogens is 322 g/mol. The lowest BCUT2D eigenvalue weighted by molar-refractivity contribution is 0.0708. The van der Waals surface area contributed by atoms with E-state index in [-0.39, 0.29) is 18.0 Å². The third-order valence-corrected chi connectivity index (χ3v) is 5.34. The molecule has 0 bridgehead atoms. The zero-order chi connectivity index (χ0) is 17.5. The van der Waals surface area contributed by atoms with Crippen molar-refractivity contribution in [1.29, 1.82) is 0 Å². The van der Waals surface area contributed by atoms with Crippen molar-refractivity contribution >= 4 is 23.7 Å². The lowest BCUT2D eigenvalue weighted by Gasteiger charge is -2.32. The van der Waals surface area contributed by atoms with E-state index in [0.29, 0.717) is 24.9 Å². The number of nitrogens with one attached hydrogen (secondary N) is 2. The minimum atomic E-state index is -0.112. The Morgan fingerprint density at radius 2 is 1.88 bits per heavy atom. The number of hydrogen-bond donors (Lipinski definition) is 2. The van der Waals surface area contributed by atoms with Gasteiger partial charge in [0, 0.05) is 36.5 Å². The number of carbonyl (C=O) groups is 2. The van der Waals surface area contributed by atoms with Gasteiger partial charge in [0.25, 0.3) is 5.91 Å². The van der Waals surface area contributed by atoms with Gasteiger partial charge in [-0.3, -0.25) is 4.79 Å². The van der Waals surface area contributed by atoms with E-state index in [1.54, 1.807) is 11.8 Å². The first-order valence-corrected chi connectivity index (χ1v) is 9.71. The number of carbonyl (C=O) groups excluding carboxylic acids is 2. The molecular formula is C18H27N3O2S. The molecule has 5 nitrogen and oxygen atoms in total. The summed E-state index contributed by atoms with van der Waals surface area (Å²) in [7, 11) is 0. The smallest absolute Gasteiger partial charge is 0.315 e. The Balaban J connectivity index is 1.75. The molecule has 1 aromatic carbocycles. The van der Waals surface area contributed by atoms with Crippen LogP contribution in [-0.2, 0) is 0 Å². The molecule has 1 heterocycles. The maximum absolute atomic E-state index is 12.5.